The highest BCUT2D eigenvalue weighted by atomic mass is 127. The van der Waals surface area contributed by atoms with Crippen molar-refractivity contribution in [1.82, 2.24) is 4.98 Å². The highest BCUT2D eigenvalue weighted by Gasteiger charge is 1.78. The summed E-state index contributed by atoms with van der Waals surface area (Å²) in [5, 5.41) is 0. The number of aromatic nitrogens is 1. The number of nitrogens with one attached hydrogen (secondary N) is 1. The molecule has 1 N–H and O–H groups in total. The summed E-state index contributed by atoms with van der Waals surface area (Å²) >= 11 is 7.06. The Balaban J connectivity index is 3.28. The van der Waals surface area contributed by atoms with E-state index in [4.69, 9.17) is 12.2 Å². The molecule has 0 unspecified atom stereocenters. The molecule has 42 valence electrons. The zero-order chi connectivity index (χ0) is 5.98. The molecule has 3 heteroatoms. The molecule has 1 nitrogen and oxygen atoms in total. The second-order valence-electron chi connectivity index (χ2n) is 1.37. The lowest BCUT2D eigenvalue weighted by Gasteiger charge is -1.84. The summed E-state index contributed by atoms with van der Waals surface area (Å²) in [6.45, 7) is 0. The average Bonchev–Trinajstić information content (AvgIpc) is 1.64. The van der Waals surface area contributed by atoms with Gasteiger partial charge < -0.3 is 4.98 Å². The average molecular weight is 237 g/mol. The van der Waals surface area contributed by atoms with Crippen molar-refractivity contribution in [3.05, 3.63) is 26.5 Å². The van der Waals surface area contributed by atoms with Crippen LogP contribution in [-0.2, 0) is 0 Å². The maximum Gasteiger partial charge on any atom is 0.0785 e. The van der Waals surface area contributed by atoms with Gasteiger partial charge in [0, 0.05) is 10.7 Å². The summed E-state index contributed by atoms with van der Waals surface area (Å²) in [6.07, 6.45) is 1.84. The van der Waals surface area contributed by atoms with Crippen LogP contribution in [0.2, 0.25) is 0 Å². The number of H-pyrrole nitrogens is 1. The van der Waals surface area contributed by atoms with Crippen LogP contribution in [0.3, 0.4) is 0 Å². The molecule has 8 heavy (non-hydrogen) atoms. The highest BCUT2D eigenvalue weighted by Crippen LogP contribution is 1.98. The van der Waals surface area contributed by atoms with Crippen molar-refractivity contribution in [2.45, 2.75) is 0 Å². The van der Waals surface area contributed by atoms with Crippen molar-refractivity contribution in [2.24, 2.45) is 0 Å². The lowest BCUT2D eigenvalue weighted by molar-refractivity contribution is 1.27. The summed E-state index contributed by atoms with van der Waals surface area (Å²) in [5.74, 6) is 0. The van der Waals surface area contributed by atoms with Gasteiger partial charge in [-0.1, -0.05) is 12.2 Å². The van der Waals surface area contributed by atoms with E-state index in [0.29, 0.717) is 0 Å². The Morgan fingerprint density at radius 3 is 2.75 bits per heavy atom. The molecule has 1 aromatic rings. The molecule has 1 heterocycles. The molecule has 1 rings (SSSR count). The monoisotopic (exact) mass is 237 g/mol. The minimum absolute atomic E-state index is 0.883. The second-order valence-corrected chi connectivity index (χ2v) is 3.01. The van der Waals surface area contributed by atoms with Crippen LogP contribution in [0.1, 0.15) is 0 Å². The van der Waals surface area contributed by atoms with Crippen LogP contribution in [0.15, 0.2) is 18.3 Å². The van der Waals surface area contributed by atoms with Crippen molar-refractivity contribution < 1.29 is 0 Å². The largest absolute Gasteiger partial charge is 0.357 e. The second kappa shape index (κ2) is 2.59. The molecule has 0 amide bonds. The summed E-state index contributed by atoms with van der Waals surface area (Å²) in [6, 6.07) is 3.77. The Morgan fingerprint density at radius 2 is 2.38 bits per heavy atom. The van der Waals surface area contributed by atoms with E-state index >= 15 is 0 Å². The van der Waals surface area contributed by atoms with E-state index in [1.165, 1.54) is 0 Å². The number of aromatic amines is 1. The van der Waals surface area contributed by atoms with Crippen LogP contribution in [0.4, 0.5) is 0 Å². The fraction of sp³-hybridized carbons (Fsp3) is 0. The summed E-state index contributed by atoms with van der Waals surface area (Å²) in [5.41, 5.74) is 0. The molecule has 0 radical (unpaired) electrons. The first-order valence-electron chi connectivity index (χ1n) is 2.13. The van der Waals surface area contributed by atoms with Crippen LogP contribution < -0.4 is 0 Å². The molecule has 0 spiro atoms. The fourth-order valence-corrected chi connectivity index (χ4v) is 1.33. The van der Waals surface area contributed by atoms with Gasteiger partial charge in [0.1, 0.15) is 0 Å². The van der Waals surface area contributed by atoms with Crippen molar-refractivity contribution in [3.63, 3.8) is 0 Å². The third-order valence-corrected chi connectivity index (χ3v) is 1.61. The molecule has 1 aromatic heterocycles. The van der Waals surface area contributed by atoms with Crippen molar-refractivity contribution >= 4 is 34.8 Å². The molecule has 0 aromatic carbocycles. The first kappa shape index (κ1) is 6.22. The number of pyridine rings is 1. The maximum absolute atomic E-state index is 4.87. The third kappa shape index (κ3) is 1.56. The van der Waals surface area contributed by atoms with Gasteiger partial charge in [-0.3, -0.25) is 0 Å². The van der Waals surface area contributed by atoms with E-state index in [1.807, 2.05) is 18.3 Å². The van der Waals surface area contributed by atoms with Crippen molar-refractivity contribution in [1.29, 1.82) is 0 Å². The van der Waals surface area contributed by atoms with Gasteiger partial charge in [0.05, 0.1) is 3.70 Å². The third-order valence-electron chi connectivity index (χ3n) is 0.738. The zero-order valence-corrected chi connectivity index (χ0v) is 6.99. The van der Waals surface area contributed by atoms with Crippen LogP contribution >= 0.6 is 34.8 Å². The Labute approximate surface area is 66.3 Å². The maximum atomic E-state index is 4.87. The number of halogens is 1. The van der Waals surface area contributed by atoms with Gasteiger partial charge in [-0.15, -0.1) is 0 Å². The quantitative estimate of drug-likeness (QED) is 0.416. The first-order chi connectivity index (χ1) is 3.79. The number of rotatable bonds is 0. The Morgan fingerprint density at radius 1 is 1.62 bits per heavy atom. The lowest BCUT2D eigenvalue weighted by Crippen LogP contribution is -1.74. The van der Waals surface area contributed by atoms with E-state index in [2.05, 4.69) is 27.6 Å². The SMILES string of the molecule is S=c1cc[nH]c(I)c1. The predicted molar refractivity (Wildman–Crippen MR) is 44.3 cm³/mol. The lowest BCUT2D eigenvalue weighted by atomic mass is 10.5. The molecule has 0 saturated heterocycles. The zero-order valence-electron chi connectivity index (χ0n) is 4.02. The standard InChI is InChI=1S/C5H4INS/c6-5-3-4(8)1-2-7-5/h1-3H,(H,7,8). The van der Waals surface area contributed by atoms with Gasteiger partial charge in [-0.2, -0.15) is 0 Å². The molecule has 0 atom stereocenters. The number of hydrogen-bond acceptors (Lipinski definition) is 1. The van der Waals surface area contributed by atoms with Crippen LogP contribution in [0.5, 0.6) is 0 Å². The summed E-state index contributed by atoms with van der Waals surface area (Å²) in [4.78, 5) is 2.99. The van der Waals surface area contributed by atoms with Gasteiger partial charge in [0.15, 0.2) is 0 Å². The number of hydrogen-bond donors (Lipinski definition) is 1. The van der Waals surface area contributed by atoms with Crippen LogP contribution in [0.25, 0.3) is 0 Å². The molecule has 0 fully saturated rings. The minimum atomic E-state index is 0.883. The Bertz CT molecular complexity index is 230. The molecular weight excluding hydrogens is 233 g/mol. The molecule has 0 aliphatic heterocycles. The molecular formula is C5H4INS. The predicted octanol–water partition coefficient (Wildman–Crippen LogP) is 2.35. The summed E-state index contributed by atoms with van der Waals surface area (Å²) in [7, 11) is 0. The minimum Gasteiger partial charge on any atom is -0.357 e. The summed E-state index contributed by atoms with van der Waals surface area (Å²) < 4.78 is 1.96. The van der Waals surface area contributed by atoms with Crippen LogP contribution in [0, 0.1) is 8.21 Å². The Hall–Kier alpha value is 0.100. The van der Waals surface area contributed by atoms with Crippen LogP contribution in [-0.4, -0.2) is 4.98 Å². The smallest absolute Gasteiger partial charge is 0.0785 e. The highest BCUT2D eigenvalue weighted by molar-refractivity contribution is 14.1. The normalized spacial score (nSPS) is 9.12. The van der Waals surface area contributed by atoms with Gasteiger partial charge in [-0.05, 0) is 34.7 Å². The van der Waals surface area contributed by atoms with Crippen molar-refractivity contribution in [2.75, 3.05) is 0 Å². The van der Waals surface area contributed by atoms with Gasteiger partial charge in [-0.25, -0.2) is 0 Å². The van der Waals surface area contributed by atoms with E-state index in [1.54, 1.807) is 0 Å². The van der Waals surface area contributed by atoms with Crippen molar-refractivity contribution in [3.8, 4) is 0 Å². The van der Waals surface area contributed by atoms with E-state index < -0.39 is 0 Å². The molecule has 0 aliphatic rings. The molecule has 0 aliphatic carbocycles. The fourth-order valence-electron chi connectivity index (χ4n) is 0.418. The van der Waals surface area contributed by atoms with E-state index in [-0.39, 0.29) is 0 Å². The van der Waals surface area contributed by atoms with Gasteiger partial charge >= 0.3 is 0 Å². The van der Waals surface area contributed by atoms with E-state index in [0.717, 1.165) is 8.21 Å². The van der Waals surface area contributed by atoms with E-state index in [9.17, 15) is 0 Å². The molecule has 0 bridgehead atoms. The first-order valence-corrected chi connectivity index (χ1v) is 3.62. The Kier molecular flexibility index (Phi) is 2.01. The van der Waals surface area contributed by atoms with Gasteiger partial charge in [0.2, 0.25) is 0 Å². The van der Waals surface area contributed by atoms with Gasteiger partial charge in [0.25, 0.3) is 0 Å². The topological polar surface area (TPSA) is 15.8 Å². The molecule has 0 saturated carbocycles.